The Hall–Kier alpha value is -0.920. The van der Waals surface area contributed by atoms with Gasteiger partial charge in [-0.1, -0.05) is 15.9 Å². The number of carbonyl (C=O) groups is 1. The van der Waals surface area contributed by atoms with Crippen molar-refractivity contribution >= 4 is 31.9 Å². The highest BCUT2D eigenvalue weighted by atomic mass is 79.9. The first-order chi connectivity index (χ1) is 7.29. The number of carboxylic acid groups (broad SMARTS) is 1. The third-order valence-electron chi connectivity index (χ3n) is 1.82. The van der Waals surface area contributed by atoms with Crippen LogP contribution in [-0.4, -0.2) is 25.7 Å². The van der Waals surface area contributed by atoms with Gasteiger partial charge >= 0.3 is 5.97 Å². The zero-order valence-electron chi connectivity index (χ0n) is 8.40. The molecule has 0 atom stereocenters. The maximum absolute atomic E-state index is 10.9. The third-order valence-corrected chi connectivity index (χ3v) is 3.26. The molecule has 0 radical (unpaired) electrons. The molecule has 0 saturated heterocycles. The topological polar surface area (TPSA) is 83.5 Å². The molecule has 0 amide bonds. The number of sulfonamides is 1. The lowest BCUT2D eigenvalue weighted by Gasteiger charge is -2.06. The summed E-state index contributed by atoms with van der Waals surface area (Å²) in [5.41, 5.74) is 0.693. The van der Waals surface area contributed by atoms with Crippen LogP contribution in [0.3, 0.4) is 0 Å². The highest BCUT2D eigenvalue weighted by Gasteiger charge is 2.08. The van der Waals surface area contributed by atoms with E-state index in [-0.39, 0.29) is 12.1 Å². The van der Waals surface area contributed by atoms with Gasteiger partial charge in [0.25, 0.3) is 0 Å². The number of aromatic carboxylic acids is 1. The van der Waals surface area contributed by atoms with Crippen LogP contribution in [0, 0.1) is 0 Å². The van der Waals surface area contributed by atoms with Crippen LogP contribution in [0.2, 0.25) is 0 Å². The van der Waals surface area contributed by atoms with Crippen molar-refractivity contribution in [3.8, 4) is 0 Å². The van der Waals surface area contributed by atoms with E-state index < -0.39 is 16.0 Å². The molecule has 0 unspecified atom stereocenters. The highest BCUT2D eigenvalue weighted by Crippen LogP contribution is 2.18. The summed E-state index contributed by atoms with van der Waals surface area (Å²) in [6, 6.07) is 4.43. The number of benzene rings is 1. The van der Waals surface area contributed by atoms with Crippen molar-refractivity contribution in [1.82, 2.24) is 4.72 Å². The van der Waals surface area contributed by atoms with Crippen molar-refractivity contribution in [2.75, 3.05) is 6.26 Å². The first-order valence-electron chi connectivity index (χ1n) is 4.26. The van der Waals surface area contributed by atoms with Gasteiger partial charge in [-0.3, -0.25) is 0 Å². The molecular weight excluding hydrogens is 298 g/mol. The lowest BCUT2D eigenvalue weighted by molar-refractivity contribution is 0.0696. The van der Waals surface area contributed by atoms with Gasteiger partial charge in [0.2, 0.25) is 10.0 Å². The van der Waals surface area contributed by atoms with Crippen molar-refractivity contribution in [3.63, 3.8) is 0 Å². The summed E-state index contributed by atoms with van der Waals surface area (Å²) in [7, 11) is -3.29. The summed E-state index contributed by atoms with van der Waals surface area (Å²) in [6.45, 7) is 0.0561. The normalized spacial score (nSPS) is 11.4. The Morgan fingerprint density at radius 2 is 2.12 bits per heavy atom. The lowest BCUT2D eigenvalue weighted by atomic mass is 10.1. The third kappa shape index (κ3) is 3.92. The van der Waals surface area contributed by atoms with Gasteiger partial charge in [-0.05, 0) is 23.8 Å². The zero-order chi connectivity index (χ0) is 12.3. The largest absolute Gasteiger partial charge is 0.478 e. The highest BCUT2D eigenvalue weighted by molar-refractivity contribution is 9.10. The van der Waals surface area contributed by atoms with E-state index >= 15 is 0 Å². The maximum atomic E-state index is 10.9. The van der Waals surface area contributed by atoms with Crippen molar-refractivity contribution in [1.29, 1.82) is 0 Å². The number of nitrogens with one attached hydrogen (secondary N) is 1. The van der Waals surface area contributed by atoms with Crippen LogP contribution in [0.5, 0.6) is 0 Å². The van der Waals surface area contributed by atoms with E-state index in [1.54, 1.807) is 6.07 Å². The smallest absolute Gasteiger partial charge is 0.335 e. The first-order valence-corrected chi connectivity index (χ1v) is 6.94. The zero-order valence-corrected chi connectivity index (χ0v) is 10.8. The Kier molecular flexibility index (Phi) is 4.06. The lowest BCUT2D eigenvalue weighted by Crippen LogP contribution is -2.21. The van der Waals surface area contributed by atoms with Crippen molar-refractivity contribution < 1.29 is 18.3 Å². The second kappa shape index (κ2) is 4.94. The van der Waals surface area contributed by atoms with E-state index in [0.29, 0.717) is 10.0 Å². The van der Waals surface area contributed by atoms with Crippen molar-refractivity contribution in [2.24, 2.45) is 0 Å². The van der Waals surface area contributed by atoms with Gasteiger partial charge in [-0.15, -0.1) is 0 Å². The molecule has 1 aromatic carbocycles. The van der Waals surface area contributed by atoms with E-state index in [2.05, 4.69) is 20.7 Å². The quantitative estimate of drug-likeness (QED) is 0.875. The molecule has 1 rings (SSSR count). The SMILES string of the molecule is CS(=O)(=O)NCc1cc(C(=O)O)ccc1Br. The Bertz CT molecular complexity index is 512. The fourth-order valence-corrected chi connectivity index (χ4v) is 1.86. The summed E-state index contributed by atoms with van der Waals surface area (Å²) >= 11 is 3.22. The molecule has 0 aliphatic carbocycles. The standard InChI is InChI=1S/C9H10BrNO4S/c1-16(14,15)11-5-7-4-6(9(12)13)2-3-8(7)10/h2-4,11H,5H2,1H3,(H,12,13). The van der Waals surface area contributed by atoms with Crippen molar-refractivity contribution in [2.45, 2.75) is 6.54 Å². The fraction of sp³-hybridized carbons (Fsp3) is 0.222. The summed E-state index contributed by atoms with van der Waals surface area (Å²) in [6.07, 6.45) is 1.04. The maximum Gasteiger partial charge on any atom is 0.335 e. The van der Waals surface area contributed by atoms with Crippen LogP contribution < -0.4 is 4.72 Å². The van der Waals surface area contributed by atoms with E-state index in [4.69, 9.17) is 5.11 Å². The van der Waals surface area contributed by atoms with Crippen LogP contribution in [0.4, 0.5) is 0 Å². The summed E-state index contributed by atoms with van der Waals surface area (Å²) in [5.74, 6) is -1.05. The molecule has 2 N–H and O–H groups in total. The molecular formula is C9H10BrNO4S. The van der Waals surface area contributed by atoms with Gasteiger partial charge in [0.1, 0.15) is 0 Å². The average molecular weight is 308 g/mol. The van der Waals surface area contributed by atoms with Gasteiger partial charge < -0.3 is 5.11 Å². The van der Waals surface area contributed by atoms with E-state index in [9.17, 15) is 13.2 Å². The summed E-state index contributed by atoms with van der Waals surface area (Å²) < 4.78 is 24.7. The van der Waals surface area contributed by atoms with Crippen LogP contribution in [0.25, 0.3) is 0 Å². The number of rotatable bonds is 4. The van der Waals surface area contributed by atoms with Crippen LogP contribution in [0.1, 0.15) is 15.9 Å². The number of hydrogen-bond donors (Lipinski definition) is 2. The molecule has 0 spiro atoms. The van der Waals surface area contributed by atoms with Gasteiger partial charge in [0, 0.05) is 11.0 Å². The predicted octanol–water partition coefficient (Wildman–Crippen LogP) is 1.20. The fourth-order valence-electron chi connectivity index (χ4n) is 1.05. The Morgan fingerprint density at radius 3 is 2.62 bits per heavy atom. The van der Waals surface area contributed by atoms with Gasteiger partial charge in [0.05, 0.1) is 11.8 Å². The summed E-state index contributed by atoms with van der Waals surface area (Å²) in [4.78, 5) is 10.7. The van der Waals surface area contributed by atoms with Crippen LogP contribution in [0.15, 0.2) is 22.7 Å². The Balaban J connectivity index is 2.95. The minimum atomic E-state index is -3.29. The average Bonchev–Trinajstić information content (AvgIpc) is 2.14. The Labute approximate surface area is 102 Å². The van der Waals surface area contributed by atoms with Gasteiger partial charge in [0.15, 0.2) is 0 Å². The number of hydrogen-bond acceptors (Lipinski definition) is 3. The minimum Gasteiger partial charge on any atom is -0.478 e. The summed E-state index contributed by atoms with van der Waals surface area (Å²) in [5, 5.41) is 8.77. The van der Waals surface area contributed by atoms with Crippen molar-refractivity contribution in [3.05, 3.63) is 33.8 Å². The Morgan fingerprint density at radius 1 is 1.50 bits per heavy atom. The predicted molar refractivity (Wildman–Crippen MR) is 62.8 cm³/mol. The molecule has 0 heterocycles. The molecule has 88 valence electrons. The molecule has 0 aliphatic heterocycles. The second-order valence-corrected chi connectivity index (χ2v) is 5.89. The molecule has 0 aromatic heterocycles. The number of carboxylic acids is 1. The van der Waals surface area contributed by atoms with E-state index in [1.807, 2.05) is 0 Å². The second-order valence-electron chi connectivity index (χ2n) is 3.20. The molecule has 1 aromatic rings. The van der Waals surface area contributed by atoms with E-state index in [1.165, 1.54) is 12.1 Å². The molecule has 0 saturated carbocycles. The first kappa shape index (κ1) is 13.1. The minimum absolute atomic E-state index is 0.0561. The molecule has 0 bridgehead atoms. The van der Waals surface area contributed by atoms with Gasteiger partial charge in [-0.2, -0.15) is 0 Å². The molecule has 0 fully saturated rings. The molecule has 16 heavy (non-hydrogen) atoms. The van der Waals surface area contributed by atoms with Gasteiger partial charge in [-0.25, -0.2) is 17.9 Å². The monoisotopic (exact) mass is 307 g/mol. The van der Waals surface area contributed by atoms with Crippen LogP contribution in [-0.2, 0) is 16.6 Å². The molecule has 7 heteroatoms. The molecule has 0 aliphatic rings. The van der Waals surface area contributed by atoms with E-state index in [0.717, 1.165) is 6.26 Å². The molecule has 5 nitrogen and oxygen atoms in total. The van der Waals surface area contributed by atoms with Crippen LogP contribution >= 0.6 is 15.9 Å². The number of halogens is 1.